The van der Waals surface area contributed by atoms with Crippen LogP contribution >= 0.6 is 11.3 Å². The first kappa shape index (κ1) is 18.1. The summed E-state index contributed by atoms with van der Waals surface area (Å²) in [7, 11) is 1.73. The Hall–Kier alpha value is -2.24. The Kier molecular flexibility index (Phi) is 5.23. The first-order chi connectivity index (χ1) is 13.2. The zero-order chi connectivity index (χ0) is 18.8. The number of fused-ring (bicyclic) bond motifs is 1. The molecule has 1 atom stereocenters. The molecule has 3 aromatic rings. The van der Waals surface area contributed by atoms with Gasteiger partial charge in [0.05, 0.1) is 22.0 Å². The van der Waals surface area contributed by atoms with Gasteiger partial charge in [-0.3, -0.25) is 9.69 Å². The highest BCUT2D eigenvalue weighted by Gasteiger charge is 2.26. The molecule has 0 bridgehead atoms. The maximum atomic E-state index is 12.1. The van der Waals surface area contributed by atoms with Gasteiger partial charge in [-0.15, -0.1) is 11.3 Å². The molecule has 140 valence electrons. The molecular weight excluding hydrogens is 354 g/mol. The van der Waals surface area contributed by atoms with E-state index in [-0.39, 0.29) is 11.8 Å². The summed E-state index contributed by atoms with van der Waals surface area (Å²) in [4.78, 5) is 20.7. The molecule has 1 saturated heterocycles. The summed E-state index contributed by atoms with van der Waals surface area (Å²) in [6.45, 7) is 4.79. The minimum atomic E-state index is 0.0876. The number of piperidine rings is 1. The summed E-state index contributed by atoms with van der Waals surface area (Å²) in [5, 5.41) is 6.09. The van der Waals surface area contributed by atoms with Crippen LogP contribution in [-0.4, -0.2) is 35.9 Å². The first-order valence-electron chi connectivity index (χ1n) is 9.53. The summed E-state index contributed by atoms with van der Waals surface area (Å²) in [6.07, 6.45) is 2.04. The largest absolute Gasteiger partial charge is 0.359 e. The van der Waals surface area contributed by atoms with E-state index in [0.717, 1.165) is 43.7 Å². The number of hydrogen-bond donors (Lipinski definition) is 1. The quantitative estimate of drug-likeness (QED) is 0.738. The molecule has 1 unspecified atom stereocenters. The number of para-hydroxylation sites is 1. The van der Waals surface area contributed by atoms with Gasteiger partial charge in [-0.05, 0) is 54.9 Å². The molecule has 0 radical (unpaired) electrons. The fourth-order valence-electron chi connectivity index (χ4n) is 4.00. The third-order valence-corrected chi connectivity index (χ3v) is 6.27. The number of rotatable bonds is 4. The van der Waals surface area contributed by atoms with Gasteiger partial charge >= 0.3 is 0 Å². The van der Waals surface area contributed by atoms with Gasteiger partial charge < -0.3 is 5.32 Å². The second kappa shape index (κ2) is 7.79. The molecule has 1 aliphatic rings. The number of hydrogen-bond acceptors (Lipinski definition) is 4. The molecule has 0 saturated carbocycles. The third-order valence-electron chi connectivity index (χ3n) is 5.40. The first-order valence-corrected chi connectivity index (χ1v) is 10.4. The van der Waals surface area contributed by atoms with Crippen molar-refractivity contribution in [1.29, 1.82) is 0 Å². The van der Waals surface area contributed by atoms with Crippen LogP contribution in [0.5, 0.6) is 0 Å². The van der Waals surface area contributed by atoms with Crippen molar-refractivity contribution in [2.45, 2.75) is 26.3 Å². The molecule has 2 aromatic heterocycles. The fraction of sp³-hybridized carbons (Fsp3) is 0.364. The number of aryl methyl sites for hydroxylation is 1. The summed E-state index contributed by atoms with van der Waals surface area (Å²) < 4.78 is 0. The van der Waals surface area contributed by atoms with E-state index in [9.17, 15) is 4.79 Å². The van der Waals surface area contributed by atoms with Crippen molar-refractivity contribution in [2.75, 3.05) is 20.1 Å². The smallest absolute Gasteiger partial charge is 0.224 e. The zero-order valence-corrected chi connectivity index (χ0v) is 16.7. The van der Waals surface area contributed by atoms with E-state index >= 15 is 0 Å². The van der Waals surface area contributed by atoms with E-state index in [1.165, 1.54) is 21.4 Å². The molecule has 1 aliphatic heterocycles. The Morgan fingerprint density at radius 3 is 3.00 bits per heavy atom. The van der Waals surface area contributed by atoms with Crippen molar-refractivity contribution < 1.29 is 4.79 Å². The predicted octanol–water partition coefficient (Wildman–Crippen LogP) is 4.23. The van der Waals surface area contributed by atoms with Gasteiger partial charge in [0, 0.05) is 25.5 Å². The van der Waals surface area contributed by atoms with E-state index in [1.54, 1.807) is 18.4 Å². The number of amides is 1. The van der Waals surface area contributed by atoms with Crippen LogP contribution in [0.1, 0.15) is 24.0 Å². The van der Waals surface area contributed by atoms with Crippen molar-refractivity contribution in [2.24, 2.45) is 5.92 Å². The fourth-order valence-corrected chi connectivity index (χ4v) is 4.75. The van der Waals surface area contributed by atoms with Gasteiger partial charge in [-0.25, -0.2) is 4.98 Å². The van der Waals surface area contributed by atoms with E-state index < -0.39 is 0 Å². The highest BCUT2D eigenvalue weighted by Crippen LogP contribution is 2.31. The maximum absolute atomic E-state index is 12.1. The number of aromatic nitrogens is 1. The molecule has 27 heavy (non-hydrogen) atoms. The third kappa shape index (κ3) is 3.75. The van der Waals surface area contributed by atoms with Crippen molar-refractivity contribution in [1.82, 2.24) is 15.2 Å². The molecule has 4 nitrogen and oxygen atoms in total. The van der Waals surface area contributed by atoms with Crippen LogP contribution in [0.25, 0.3) is 21.5 Å². The molecule has 5 heteroatoms. The van der Waals surface area contributed by atoms with Crippen LogP contribution in [0.2, 0.25) is 0 Å². The molecule has 3 heterocycles. The lowest BCUT2D eigenvalue weighted by Crippen LogP contribution is -2.41. The summed E-state index contributed by atoms with van der Waals surface area (Å²) in [6, 6.07) is 12.9. The lowest BCUT2D eigenvalue weighted by atomic mass is 9.96. The average molecular weight is 380 g/mol. The van der Waals surface area contributed by atoms with Crippen molar-refractivity contribution >= 4 is 28.1 Å². The van der Waals surface area contributed by atoms with Gasteiger partial charge in [0.1, 0.15) is 0 Å². The molecule has 1 amide bonds. The molecule has 0 spiro atoms. The van der Waals surface area contributed by atoms with E-state index in [2.05, 4.69) is 58.9 Å². The average Bonchev–Trinajstić information content (AvgIpc) is 3.22. The second-order valence-electron chi connectivity index (χ2n) is 7.31. The number of carbonyl (C=O) groups excluding carboxylic acids is 1. The Bertz CT molecular complexity index is 952. The molecule has 0 aliphatic carbocycles. The topological polar surface area (TPSA) is 45.2 Å². The predicted molar refractivity (Wildman–Crippen MR) is 112 cm³/mol. The summed E-state index contributed by atoms with van der Waals surface area (Å²) >= 11 is 1.73. The van der Waals surface area contributed by atoms with Gasteiger partial charge in [0.15, 0.2) is 0 Å². The lowest BCUT2D eigenvalue weighted by molar-refractivity contribution is -0.126. The van der Waals surface area contributed by atoms with Gasteiger partial charge in [0.2, 0.25) is 5.91 Å². The van der Waals surface area contributed by atoms with E-state index in [4.69, 9.17) is 4.98 Å². The van der Waals surface area contributed by atoms with Crippen LogP contribution in [-0.2, 0) is 11.3 Å². The highest BCUT2D eigenvalue weighted by molar-refractivity contribution is 7.13. The highest BCUT2D eigenvalue weighted by atomic mass is 32.1. The monoisotopic (exact) mass is 379 g/mol. The van der Waals surface area contributed by atoms with Crippen LogP contribution in [0.15, 0.2) is 41.8 Å². The lowest BCUT2D eigenvalue weighted by Gasteiger charge is -2.32. The Morgan fingerprint density at radius 1 is 1.33 bits per heavy atom. The molecule has 4 rings (SSSR count). The molecule has 1 aromatic carbocycles. The zero-order valence-electron chi connectivity index (χ0n) is 15.9. The number of nitrogens with one attached hydrogen (secondary N) is 1. The Labute approximate surface area is 164 Å². The van der Waals surface area contributed by atoms with E-state index in [0.29, 0.717) is 0 Å². The van der Waals surface area contributed by atoms with Crippen molar-refractivity contribution in [3.05, 3.63) is 52.9 Å². The second-order valence-corrected chi connectivity index (χ2v) is 8.26. The van der Waals surface area contributed by atoms with E-state index in [1.807, 2.05) is 0 Å². The van der Waals surface area contributed by atoms with Crippen LogP contribution in [0, 0.1) is 12.8 Å². The minimum absolute atomic E-state index is 0.0876. The molecule has 1 N–H and O–H groups in total. The number of pyridine rings is 1. The Balaban J connectivity index is 1.70. The number of thiophene rings is 1. The van der Waals surface area contributed by atoms with Crippen LogP contribution in [0.3, 0.4) is 0 Å². The number of carbonyl (C=O) groups is 1. The molecule has 1 fully saturated rings. The van der Waals surface area contributed by atoms with Gasteiger partial charge in [-0.2, -0.15) is 0 Å². The standard InChI is InChI=1S/C22H25N3OS/c1-15-6-3-7-16-12-18(21(24-20(15)16)19-9-5-11-27-19)14-25-10-4-8-17(13-25)22(26)23-2/h3,5-7,9,11-12,17H,4,8,10,13-14H2,1-2H3,(H,23,26). The Morgan fingerprint density at radius 2 is 2.22 bits per heavy atom. The number of likely N-dealkylation sites (tertiary alicyclic amines) is 1. The summed E-state index contributed by atoms with van der Waals surface area (Å²) in [5.41, 5.74) is 4.60. The summed E-state index contributed by atoms with van der Waals surface area (Å²) in [5.74, 6) is 0.245. The van der Waals surface area contributed by atoms with Gasteiger partial charge in [0.25, 0.3) is 0 Å². The van der Waals surface area contributed by atoms with Crippen molar-refractivity contribution in [3.8, 4) is 10.6 Å². The number of benzene rings is 1. The maximum Gasteiger partial charge on any atom is 0.224 e. The number of nitrogens with zero attached hydrogens (tertiary/aromatic N) is 2. The minimum Gasteiger partial charge on any atom is -0.359 e. The van der Waals surface area contributed by atoms with Gasteiger partial charge in [-0.1, -0.05) is 24.3 Å². The van der Waals surface area contributed by atoms with Crippen LogP contribution in [0.4, 0.5) is 0 Å². The molecular formula is C22H25N3OS. The van der Waals surface area contributed by atoms with Crippen LogP contribution < -0.4 is 5.32 Å². The van der Waals surface area contributed by atoms with Crippen molar-refractivity contribution in [3.63, 3.8) is 0 Å². The normalized spacial score (nSPS) is 17.9. The SMILES string of the molecule is CNC(=O)C1CCCN(Cc2cc3cccc(C)c3nc2-c2cccs2)C1.